The summed E-state index contributed by atoms with van der Waals surface area (Å²) in [4.78, 5) is 0. The summed E-state index contributed by atoms with van der Waals surface area (Å²) in [7, 11) is 0. The van der Waals surface area contributed by atoms with E-state index in [1.165, 1.54) is 44.3 Å². The highest BCUT2D eigenvalue weighted by atomic mass is 15.3. The lowest BCUT2D eigenvalue weighted by Gasteiger charge is -2.25. The van der Waals surface area contributed by atoms with Gasteiger partial charge in [-0.1, -0.05) is 25.7 Å². The van der Waals surface area contributed by atoms with Crippen molar-refractivity contribution >= 4 is 0 Å². The van der Waals surface area contributed by atoms with Gasteiger partial charge in [-0.3, -0.25) is 0 Å². The van der Waals surface area contributed by atoms with Crippen LogP contribution in [0.1, 0.15) is 50.4 Å². The molecule has 4 nitrogen and oxygen atoms in total. The van der Waals surface area contributed by atoms with Gasteiger partial charge in [0.25, 0.3) is 0 Å². The molecule has 2 aliphatic rings. The molecule has 2 fully saturated rings. The largest absolute Gasteiger partial charge is 0.315 e. The number of nitrogens with zero attached hydrogens (tertiary/aromatic N) is 3. The van der Waals surface area contributed by atoms with Gasteiger partial charge in [0.1, 0.15) is 12.2 Å². The van der Waals surface area contributed by atoms with Crippen LogP contribution in [0.5, 0.6) is 0 Å². The van der Waals surface area contributed by atoms with Gasteiger partial charge in [0, 0.05) is 19.0 Å². The van der Waals surface area contributed by atoms with E-state index >= 15 is 0 Å². The zero-order chi connectivity index (χ0) is 11.5. The minimum Gasteiger partial charge on any atom is -0.315 e. The normalized spacial score (nSPS) is 26.5. The summed E-state index contributed by atoms with van der Waals surface area (Å²) < 4.78 is 2.32. The molecule has 1 aromatic heterocycles. The summed E-state index contributed by atoms with van der Waals surface area (Å²) in [6.07, 6.45) is 11.2. The molecule has 1 aliphatic carbocycles. The first kappa shape index (κ1) is 11.2. The summed E-state index contributed by atoms with van der Waals surface area (Å²) in [5.41, 5.74) is 0. The van der Waals surface area contributed by atoms with Gasteiger partial charge in [-0.25, -0.2) is 0 Å². The smallest absolute Gasteiger partial charge is 0.133 e. The Hall–Kier alpha value is -0.900. The van der Waals surface area contributed by atoms with Crippen LogP contribution in [0.2, 0.25) is 0 Å². The first-order valence-electron chi connectivity index (χ1n) is 7.02. The van der Waals surface area contributed by atoms with E-state index in [1.54, 1.807) is 0 Å². The highest BCUT2D eigenvalue weighted by Crippen LogP contribution is 2.28. The molecule has 1 aliphatic heterocycles. The van der Waals surface area contributed by atoms with Crippen molar-refractivity contribution in [2.45, 2.75) is 51.0 Å². The van der Waals surface area contributed by atoms with E-state index in [1.807, 2.05) is 6.33 Å². The second-order valence-electron chi connectivity index (χ2n) is 5.51. The molecule has 17 heavy (non-hydrogen) atoms. The Morgan fingerprint density at radius 3 is 2.88 bits per heavy atom. The van der Waals surface area contributed by atoms with E-state index in [0.29, 0.717) is 6.04 Å². The predicted molar refractivity (Wildman–Crippen MR) is 66.8 cm³/mol. The molecule has 1 unspecified atom stereocenters. The first-order valence-corrected chi connectivity index (χ1v) is 7.02. The van der Waals surface area contributed by atoms with Gasteiger partial charge >= 0.3 is 0 Å². The van der Waals surface area contributed by atoms with Gasteiger partial charge in [0.05, 0.1) is 0 Å². The van der Waals surface area contributed by atoms with Crippen LogP contribution in [-0.4, -0.2) is 27.9 Å². The van der Waals surface area contributed by atoms with Gasteiger partial charge in [-0.15, -0.1) is 10.2 Å². The van der Waals surface area contributed by atoms with Gasteiger partial charge < -0.3 is 9.88 Å². The number of hydrogen-bond acceptors (Lipinski definition) is 3. The number of aromatic nitrogens is 3. The van der Waals surface area contributed by atoms with Crippen molar-refractivity contribution in [3.63, 3.8) is 0 Å². The Bertz CT molecular complexity index is 348. The maximum atomic E-state index is 4.34. The number of hydrogen-bond donors (Lipinski definition) is 1. The Labute approximate surface area is 103 Å². The summed E-state index contributed by atoms with van der Waals surface area (Å²) in [5, 5.41) is 11.9. The SMILES string of the molecule is c1nnc(CC2CCCC2)n1C1CCCNC1. The van der Waals surface area contributed by atoms with Crippen LogP contribution in [0.4, 0.5) is 0 Å². The molecule has 1 saturated carbocycles. The van der Waals surface area contributed by atoms with Crippen LogP contribution in [0.3, 0.4) is 0 Å². The molecule has 1 atom stereocenters. The summed E-state index contributed by atoms with van der Waals surface area (Å²) in [6.45, 7) is 2.24. The molecule has 3 rings (SSSR count). The summed E-state index contributed by atoms with van der Waals surface area (Å²) in [6, 6.07) is 0.579. The highest BCUT2D eigenvalue weighted by Gasteiger charge is 2.22. The Morgan fingerprint density at radius 2 is 2.12 bits per heavy atom. The molecule has 1 N–H and O–H groups in total. The second kappa shape index (κ2) is 5.17. The standard InChI is InChI=1S/C13H22N4/c1-2-5-11(4-1)8-13-16-15-10-17(13)12-6-3-7-14-9-12/h10-12,14H,1-9H2. The van der Waals surface area contributed by atoms with Crippen molar-refractivity contribution in [1.29, 1.82) is 0 Å². The van der Waals surface area contributed by atoms with E-state index in [2.05, 4.69) is 20.1 Å². The van der Waals surface area contributed by atoms with Crippen LogP contribution in [0, 0.1) is 5.92 Å². The predicted octanol–water partition coefficient (Wildman–Crippen LogP) is 1.94. The monoisotopic (exact) mass is 234 g/mol. The fourth-order valence-corrected chi connectivity index (χ4v) is 3.26. The third kappa shape index (κ3) is 2.51. The van der Waals surface area contributed by atoms with E-state index in [4.69, 9.17) is 0 Å². The minimum absolute atomic E-state index is 0.579. The molecule has 94 valence electrons. The molecule has 0 amide bonds. The van der Waals surface area contributed by atoms with E-state index in [-0.39, 0.29) is 0 Å². The third-order valence-corrected chi connectivity index (χ3v) is 4.26. The van der Waals surface area contributed by atoms with E-state index < -0.39 is 0 Å². The average Bonchev–Trinajstić information content (AvgIpc) is 3.02. The fourth-order valence-electron chi connectivity index (χ4n) is 3.26. The lowest BCUT2D eigenvalue weighted by atomic mass is 10.0. The third-order valence-electron chi connectivity index (χ3n) is 4.26. The number of piperidine rings is 1. The van der Waals surface area contributed by atoms with Crippen molar-refractivity contribution in [2.24, 2.45) is 5.92 Å². The first-order chi connectivity index (χ1) is 8.43. The van der Waals surface area contributed by atoms with Crippen molar-refractivity contribution in [3.05, 3.63) is 12.2 Å². The highest BCUT2D eigenvalue weighted by molar-refractivity contribution is 4.94. The number of rotatable bonds is 3. The zero-order valence-electron chi connectivity index (χ0n) is 10.4. The van der Waals surface area contributed by atoms with Crippen LogP contribution in [0.25, 0.3) is 0 Å². The topological polar surface area (TPSA) is 42.7 Å². The Kier molecular flexibility index (Phi) is 3.41. The van der Waals surface area contributed by atoms with Crippen LogP contribution in [0.15, 0.2) is 6.33 Å². The molecular weight excluding hydrogens is 212 g/mol. The van der Waals surface area contributed by atoms with Crippen molar-refractivity contribution in [1.82, 2.24) is 20.1 Å². The molecule has 0 spiro atoms. The van der Waals surface area contributed by atoms with Gasteiger partial charge in [-0.05, 0) is 25.3 Å². The number of nitrogens with one attached hydrogen (secondary N) is 1. The fraction of sp³-hybridized carbons (Fsp3) is 0.846. The van der Waals surface area contributed by atoms with Crippen molar-refractivity contribution in [2.75, 3.05) is 13.1 Å². The zero-order valence-corrected chi connectivity index (χ0v) is 10.4. The maximum Gasteiger partial charge on any atom is 0.133 e. The average molecular weight is 234 g/mol. The van der Waals surface area contributed by atoms with Gasteiger partial charge in [-0.2, -0.15) is 0 Å². The van der Waals surface area contributed by atoms with E-state index in [9.17, 15) is 0 Å². The molecule has 0 aromatic carbocycles. The molecule has 2 heterocycles. The van der Waals surface area contributed by atoms with Crippen LogP contribution in [-0.2, 0) is 6.42 Å². The van der Waals surface area contributed by atoms with Crippen molar-refractivity contribution < 1.29 is 0 Å². The van der Waals surface area contributed by atoms with Gasteiger partial charge in [0.15, 0.2) is 0 Å². The Morgan fingerprint density at radius 1 is 1.24 bits per heavy atom. The molecule has 1 aromatic rings. The van der Waals surface area contributed by atoms with Crippen molar-refractivity contribution in [3.8, 4) is 0 Å². The lowest BCUT2D eigenvalue weighted by Crippen LogP contribution is -2.32. The maximum absolute atomic E-state index is 4.34. The molecule has 4 heteroatoms. The molecule has 0 radical (unpaired) electrons. The van der Waals surface area contributed by atoms with Crippen LogP contribution >= 0.6 is 0 Å². The second-order valence-corrected chi connectivity index (χ2v) is 5.51. The molecule has 0 bridgehead atoms. The molecule has 1 saturated heterocycles. The minimum atomic E-state index is 0.579. The summed E-state index contributed by atoms with van der Waals surface area (Å²) >= 11 is 0. The summed E-state index contributed by atoms with van der Waals surface area (Å²) in [5.74, 6) is 2.07. The Balaban J connectivity index is 1.69. The molecular formula is C13H22N4. The van der Waals surface area contributed by atoms with Gasteiger partial charge in [0.2, 0.25) is 0 Å². The quantitative estimate of drug-likeness (QED) is 0.869. The lowest BCUT2D eigenvalue weighted by molar-refractivity contribution is 0.356. The van der Waals surface area contributed by atoms with E-state index in [0.717, 1.165) is 25.4 Å². The van der Waals surface area contributed by atoms with Crippen LogP contribution < -0.4 is 5.32 Å².